The minimum Gasteiger partial charge on any atom is -0.370 e. The molecular weight excluding hydrogens is 375 g/mol. The quantitative estimate of drug-likeness (QED) is 0.418. The molecule has 0 fully saturated rings. The van der Waals surface area contributed by atoms with Crippen LogP contribution in [-0.2, 0) is 13.1 Å². The van der Waals surface area contributed by atoms with Gasteiger partial charge in [-0.05, 0) is 30.6 Å². The van der Waals surface area contributed by atoms with Crippen LogP contribution in [0.3, 0.4) is 0 Å². The van der Waals surface area contributed by atoms with Gasteiger partial charge in [0, 0.05) is 13.1 Å². The minimum absolute atomic E-state index is 0. The highest BCUT2D eigenvalue weighted by Crippen LogP contribution is 2.08. The van der Waals surface area contributed by atoms with Gasteiger partial charge < -0.3 is 16.0 Å². The van der Waals surface area contributed by atoms with Gasteiger partial charge in [-0.3, -0.25) is 0 Å². The van der Waals surface area contributed by atoms with Gasteiger partial charge in [0.05, 0.1) is 6.54 Å². The molecular formula is C16H29IN4. The van der Waals surface area contributed by atoms with Crippen molar-refractivity contribution in [3.63, 3.8) is 0 Å². The maximum atomic E-state index is 5.84. The minimum atomic E-state index is 0. The molecule has 0 bridgehead atoms. The van der Waals surface area contributed by atoms with E-state index >= 15 is 0 Å². The first-order valence-electron chi connectivity index (χ1n) is 7.31. The van der Waals surface area contributed by atoms with Crippen molar-refractivity contribution in [1.29, 1.82) is 0 Å². The topological polar surface area (TPSA) is 53.6 Å². The zero-order chi connectivity index (χ0) is 15.0. The normalized spacial score (nSPS) is 11.6. The van der Waals surface area contributed by atoms with Crippen molar-refractivity contribution >= 4 is 29.9 Å². The molecule has 4 nitrogen and oxygen atoms in total. The van der Waals surface area contributed by atoms with Crippen LogP contribution in [0.25, 0.3) is 0 Å². The Morgan fingerprint density at radius 3 is 2.62 bits per heavy atom. The molecule has 0 aliphatic heterocycles. The highest BCUT2D eigenvalue weighted by molar-refractivity contribution is 14.0. The molecule has 0 unspecified atom stereocenters. The SMILES string of the molecule is CCN(C)Cc1cccc(CN=C(N)NCC(C)C)c1.I. The fourth-order valence-electron chi connectivity index (χ4n) is 1.79. The Labute approximate surface area is 146 Å². The highest BCUT2D eigenvalue weighted by atomic mass is 127. The number of guanidine groups is 1. The number of benzene rings is 1. The van der Waals surface area contributed by atoms with E-state index in [2.05, 4.69) is 67.3 Å². The van der Waals surface area contributed by atoms with Crippen molar-refractivity contribution in [2.24, 2.45) is 16.6 Å². The molecule has 1 aromatic carbocycles. The number of hydrogen-bond acceptors (Lipinski definition) is 2. The molecule has 21 heavy (non-hydrogen) atoms. The number of nitrogens with two attached hydrogens (primary N) is 1. The van der Waals surface area contributed by atoms with E-state index in [1.165, 1.54) is 11.1 Å². The summed E-state index contributed by atoms with van der Waals surface area (Å²) in [5.41, 5.74) is 8.35. The molecule has 0 saturated carbocycles. The molecule has 0 aromatic heterocycles. The predicted octanol–water partition coefficient (Wildman–Crippen LogP) is 2.82. The summed E-state index contributed by atoms with van der Waals surface area (Å²) in [6.45, 7) is 9.96. The number of nitrogens with one attached hydrogen (secondary N) is 1. The van der Waals surface area contributed by atoms with Gasteiger partial charge in [0.25, 0.3) is 0 Å². The maximum Gasteiger partial charge on any atom is 0.188 e. The van der Waals surface area contributed by atoms with E-state index in [0.29, 0.717) is 18.4 Å². The molecule has 0 amide bonds. The summed E-state index contributed by atoms with van der Waals surface area (Å²) < 4.78 is 0. The molecule has 120 valence electrons. The molecule has 3 N–H and O–H groups in total. The summed E-state index contributed by atoms with van der Waals surface area (Å²) in [7, 11) is 2.12. The largest absolute Gasteiger partial charge is 0.370 e. The third-order valence-electron chi connectivity index (χ3n) is 3.11. The van der Waals surface area contributed by atoms with E-state index in [4.69, 9.17) is 5.73 Å². The van der Waals surface area contributed by atoms with Gasteiger partial charge >= 0.3 is 0 Å². The fourth-order valence-corrected chi connectivity index (χ4v) is 1.79. The zero-order valence-corrected chi connectivity index (χ0v) is 15.9. The van der Waals surface area contributed by atoms with E-state index in [1.54, 1.807) is 0 Å². The number of halogens is 1. The molecule has 5 heteroatoms. The van der Waals surface area contributed by atoms with Crippen LogP contribution in [-0.4, -0.2) is 31.0 Å². The average molecular weight is 404 g/mol. The van der Waals surface area contributed by atoms with E-state index < -0.39 is 0 Å². The molecule has 0 spiro atoms. The Morgan fingerprint density at radius 2 is 2.00 bits per heavy atom. The molecule has 0 atom stereocenters. The second-order valence-electron chi connectivity index (χ2n) is 5.63. The number of nitrogens with zero attached hydrogens (tertiary/aromatic N) is 2. The van der Waals surface area contributed by atoms with Gasteiger partial charge in [-0.25, -0.2) is 4.99 Å². The molecule has 0 radical (unpaired) electrons. The van der Waals surface area contributed by atoms with Crippen molar-refractivity contribution in [2.75, 3.05) is 20.1 Å². The average Bonchev–Trinajstić information content (AvgIpc) is 2.43. The lowest BCUT2D eigenvalue weighted by Crippen LogP contribution is -2.34. The van der Waals surface area contributed by atoms with Crippen LogP contribution in [0.4, 0.5) is 0 Å². The Morgan fingerprint density at radius 1 is 1.33 bits per heavy atom. The van der Waals surface area contributed by atoms with Crippen LogP contribution in [0.15, 0.2) is 29.3 Å². The lowest BCUT2D eigenvalue weighted by Gasteiger charge is -2.14. The van der Waals surface area contributed by atoms with Gasteiger partial charge in [0.15, 0.2) is 5.96 Å². The Kier molecular flexibility index (Phi) is 10.4. The molecule has 1 rings (SSSR count). The Hall–Kier alpha value is -0.820. The smallest absolute Gasteiger partial charge is 0.188 e. The van der Waals surface area contributed by atoms with E-state index in [-0.39, 0.29) is 24.0 Å². The second kappa shape index (κ2) is 10.8. The van der Waals surface area contributed by atoms with Gasteiger partial charge in [0.2, 0.25) is 0 Å². The van der Waals surface area contributed by atoms with Crippen LogP contribution in [0.1, 0.15) is 31.9 Å². The lowest BCUT2D eigenvalue weighted by molar-refractivity contribution is 0.345. The van der Waals surface area contributed by atoms with Crippen LogP contribution in [0.5, 0.6) is 0 Å². The van der Waals surface area contributed by atoms with Crippen molar-refractivity contribution in [3.05, 3.63) is 35.4 Å². The number of rotatable bonds is 7. The number of aliphatic imine (C=N–C) groups is 1. The summed E-state index contributed by atoms with van der Waals surface area (Å²) in [5, 5.41) is 3.13. The number of hydrogen-bond donors (Lipinski definition) is 2. The van der Waals surface area contributed by atoms with Crippen molar-refractivity contribution < 1.29 is 0 Å². The van der Waals surface area contributed by atoms with Gasteiger partial charge in [-0.15, -0.1) is 24.0 Å². The second-order valence-corrected chi connectivity index (χ2v) is 5.63. The van der Waals surface area contributed by atoms with E-state index in [1.807, 2.05) is 0 Å². The molecule has 0 saturated heterocycles. The fraction of sp³-hybridized carbons (Fsp3) is 0.562. The first kappa shape index (κ1) is 20.2. The molecule has 0 aliphatic rings. The van der Waals surface area contributed by atoms with Crippen LogP contribution in [0, 0.1) is 5.92 Å². The first-order chi connectivity index (χ1) is 9.51. The lowest BCUT2D eigenvalue weighted by atomic mass is 10.1. The Balaban J connectivity index is 0.00000400. The molecule has 0 aliphatic carbocycles. The molecule has 1 aromatic rings. The summed E-state index contributed by atoms with van der Waals surface area (Å²) in [5.74, 6) is 1.09. The predicted molar refractivity (Wildman–Crippen MR) is 102 cm³/mol. The van der Waals surface area contributed by atoms with E-state index in [9.17, 15) is 0 Å². The summed E-state index contributed by atoms with van der Waals surface area (Å²) in [6.07, 6.45) is 0. The van der Waals surface area contributed by atoms with Crippen molar-refractivity contribution in [3.8, 4) is 0 Å². The third kappa shape index (κ3) is 8.93. The van der Waals surface area contributed by atoms with Crippen LogP contribution >= 0.6 is 24.0 Å². The van der Waals surface area contributed by atoms with Crippen LogP contribution < -0.4 is 11.1 Å². The maximum absolute atomic E-state index is 5.84. The van der Waals surface area contributed by atoms with Gasteiger partial charge in [-0.2, -0.15) is 0 Å². The monoisotopic (exact) mass is 404 g/mol. The zero-order valence-electron chi connectivity index (χ0n) is 13.6. The molecule has 0 heterocycles. The highest BCUT2D eigenvalue weighted by Gasteiger charge is 2.00. The van der Waals surface area contributed by atoms with Crippen molar-refractivity contribution in [1.82, 2.24) is 10.2 Å². The van der Waals surface area contributed by atoms with Gasteiger partial charge in [-0.1, -0.05) is 45.0 Å². The standard InChI is InChI=1S/C16H28N4.HI/c1-5-20(4)12-15-8-6-7-14(9-15)11-19-16(17)18-10-13(2)3;/h6-9,13H,5,10-12H2,1-4H3,(H3,17,18,19);1H. The summed E-state index contributed by atoms with van der Waals surface area (Å²) in [6, 6.07) is 8.53. The third-order valence-corrected chi connectivity index (χ3v) is 3.11. The summed E-state index contributed by atoms with van der Waals surface area (Å²) >= 11 is 0. The Bertz CT molecular complexity index is 432. The van der Waals surface area contributed by atoms with E-state index in [0.717, 1.165) is 19.6 Å². The summed E-state index contributed by atoms with van der Waals surface area (Å²) in [4.78, 5) is 6.66. The first-order valence-corrected chi connectivity index (χ1v) is 7.31. The van der Waals surface area contributed by atoms with Crippen LogP contribution in [0.2, 0.25) is 0 Å². The van der Waals surface area contributed by atoms with Crippen molar-refractivity contribution in [2.45, 2.75) is 33.9 Å². The van der Waals surface area contributed by atoms with Gasteiger partial charge in [0.1, 0.15) is 0 Å².